The van der Waals surface area contributed by atoms with Gasteiger partial charge in [0.15, 0.2) is 0 Å². The molecule has 0 aromatic heterocycles. The highest BCUT2D eigenvalue weighted by Gasteiger charge is 2.04. The first-order valence-electron chi connectivity index (χ1n) is 6.46. The largest absolute Gasteiger partial charge is 0.326 e. The van der Waals surface area contributed by atoms with E-state index in [1.54, 1.807) is 0 Å². The van der Waals surface area contributed by atoms with Gasteiger partial charge in [0.1, 0.15) is 0 Å². The number of carbonyl (C=O) groups excluding carboxylic acids is 1. The lowest BCUT2D eigenvalue weighted by Gasteiger charge is -2.08. The monoisotopic (exact) mass is 253 g/mol. The Morgan fingerprint density at radius 1 is 0.895 bits per heavy atom. The summed E-state index contributed by atoms with van der Waals surface area (Å²) in [7, 11) is 0. The maximum atomic E-state index is 12.0. The second-order valence-corrected chi connectivity index (χ2v) is 5.09. The summed E-state index contributed by atoms with van der Waals surface area (Å²) in [4.78, 5) is 12.0. The lowest BCUT2D eigenvalue weighted by molar-refractivity contribution is -0.115. The van der Waals surface area contributed by atoms with Crippen molar-refractivity contribution in [3.8, 4) is 0 Å². The van der Waals surface area contributed by atoms with Crippen molar-refractivity contribution in [1.29, 1.82) is 0 Å². The highest BCUT2D eigenvalue weighted by molar-refractivity contribution is 5.92. The van der Waals surface area contributed by atoms with Crippen LogP contribution >= 0.6 is 0 Å². The number of nitrogens with one attached hydrogen (secondary N) is 1. The number of aryl methyl sites for hydroxylation is 3. The Bertz CT molecular complexity index is 564. The van der Waals surface area contributed by atoms with Gasteiger partial charge in [0, 0.05) is 5.69 Å². The second kappa shape index (κ2) is 5.70. The van der Waals surface area contributed by atoms with E-state index in [9.17, 15) is 4.79 Å². The van der Waals surface area contributed by atoms with Crippen molar-refractivity contribution in [3.63, 3.8) is 0 Å². The zero-order chi connectivity index (χ0) is 13.8. The van der Waals surface area contributed by atoms with E-state index in [-0.39, 0.29) is 5.91 Å². The summed E-state index contributed by atoms with van der Waals surface area (Å²) < 4.78 is 0. The van der Waals surface area contributed by atoms with Gasteiger partial charge in [-0.3, -0.25) is 4.79 Å². The van der Waals surface area contributed by atoms with E-state index >= 15 is 0 Å². The van der Waals surface area contributed by atoms with E-state index in [1.807, 2.05) is 57.2 Å². The number of amides is 1. The molecule has 0 aliphatic rings. The first kappa shape index (κ1) is 13.3. The van der Waals surface area contributed by atoms with Crippen LogP contribution in [-0.4, -0.2) is 5.91 Å². The van der Waals surface area contributed by atoms with Crippen LogP contribution in [0, 0.1) is 20.8 Å². The number of anilines is 1. The van der Waals surface area contributed by atoms with E-state index in [4.69, 9.17) is 0 Å². The minimum Gasteiger partial charge on any atom is -0.326 e. The molecule has 0 saturated heterocycles. The molecule has 0 radical (unpaired) electrons. The van der Waals surface area contributed by atoms with Crippen molar-refractivity contribution in [2.75, 3.05) is 5.32 Å². The van der Waals surface area contributed by atoms with Crippen molar-refractivity contribution in [3.05, 3.63) is 64.7 Å². The average Bonchev–Trinajstić information content (AvgIpc) is 2.30. The number of hydrogen-bond donors (Lipinski definition) is 1. The van der Waals surface area contributed by atoms with Crippen LogP contribution in [0.4, 0.5) is 5.69 Å². The number of benzene rings is 2. The second-order valence-electron chi connectivity index (χ2n) is 5.09. The van der Waals surface area contributed by atoms with E-state index in [0.29, 0.717) is 6.42 Å². The normalized spacial score (nSPS) is 10.3. The van der Waals surface area contributed by atoms with E-state index < -0.39 is 0 Å². The van der Waals surface area contributed by atoms with E-state index in [2.05, 4.69) is 11.4 Å². The predicted molar refractivity (Wildman–Crippen MR) is 79.4 cm³/mol. The molecule has 1 N–H and O–H groups in total. The third-order valence-corrected chi connectivity index (χ3v) is 2.99. The summed E-state index contributed by atoms with van der Waals surface area (Å²) in [5, 5.41) is 2.95. The Morgan fingerprint density at radius 3 is 2.05 bits per heavy atom. The van der Waals surface area contributed by atoms with Crippen LogP contribution in [-0.2, 0) is 11.2 Å². The Balaban J connectivity index is 2.03. The fourth-order valence-electron chi connectivity index (χ4n) is 2.14. The number of hydrogen-bond acceptors (Lipinski definition) is 1. The Labute approximate surface area is 114 Å². The number of carbonyl (C=O) groups is 1. The molecule has 1 amide bonds. The molecule has 2 heteroatoms. The van der Waals surface area contributed by atoms with Crippen molar-refractivity contribution >= 4 is 11.6 Å². The van der Waals surface area contributed by atoms with Gasteiger partial charge < -0.3 is 5.32 Å². The molecule has 0 aliphatic carbocycles. The highest BCUT2D eigenvalue weighted by Crippen LogP contribution is 2.14. The molecular weight excluding hydrogens is 234 g/mol. The third-order valence-electron chi connectivity index (χ3n) is 2.99. The Kier molecular flexibility index (Phi) is 4.00. The van der Waals surface area contributed by atoms with Gasteiger partial charge in [0.2, 0.25) is 5.91 Å². The average molecular weight is 253 g/mol. The highest BCUT2D eigenvalue weighted by atomic mass is 16.1. The minimum atomic E-state index is 0.0221. The van der Waals surface area contributed by atoms with Gasteiger partial charge >= 0.3 is 0 Å². The fourth-order valence-corrected chi connectivity index (χ4v) is 2.14. The van der Waals surface area contributed by atoms with Gasteiger partial charge in [-0.05, 0) is 49.6 Å². The van der Waals surface area contributed by atoms with Gasteiger partial charge in [-0.25, -0.2) is 0 Å². The molecule has 0 bridgehead atoms. The molecule has 98 valence electrons. The van der Waals surface area contributed by atoms with Gasteiger partial charge in [-0.1, -0.05) is 35.9 Å². The predicted octanol–water partition coefficient (Wildman–Crippen LogP) is 3.79. The SMILES string of the molecule is Cc1ccc(CC(=O)Nc2cc(C)cc(C)c2)cc1. The van der Waals surface area contributed by atoms with Crippen molar-refractivity contribution in [1.82, 2.24) is 0 Å². The maximum Gasteiger partial charge on any atom is 0.228 e. The topological polar surface area (TPSA) is 29.1 Å². The fraction of sp³-hybridized carbons (Fsp3) is 0.235. The standard InChI is InChI=1S/C17H19NO/c1-12-4-6-15(7-5-12)11-17(19)18-16-9-13(2)8-14(3)10-16/h4-10H,11H2,1-3H3,(H,18,19). The first-order chi connectivity index (χ1) is 9.02. The molecule has 0 unspecified atom stereocenters. The van der Waals surface area contributed by atoms with Crippen LogP contribution in [0.3, 0.4) is 0 Å². The molecule has 0 atom stereocenters. The van der Waals surface area contributed by atoms with E-state index in [0.717, 1.165) is 22.4 Å². The smallest absolute Gasteiger partial charge is 0.228 e. The third kappa shape index (κ3) is 3.95. The van der Waals surface area contributed by atoms with Crippen LogP contribution in [0.15, 0.2) is 42.5 Å². The van der Waals surface area contributed by atoms with Crippen LogP contribution in [0.1, 0.15) is 22.3 Å². The van der Waals surface area contributed by atoms with Crippen LogP contribution < -0.4 is 5.32 Å². The van der Waals surface area contributed by atoms with Crippen molar-refractivity contribution in [2.45, 2.75) is 27.2 Å². The van der Waals surface area contributed by atoms with Gasteiger partial charge in [0.25, 0.3) is 0 Å². The maximum absolute atomic E-state index is 12.0. The lowest BCUT2D eigenvalue weighted by Crippen LogP contribution is -2.14. The van der Waals surface area contributed by atoms with Gasteiger partial charge in [-0.2, -0.15) is 0 Å². The summed E-state index contributed by atoms with van der Waals surface area (Å²) in [6, 6.07) is 14.1. The molecule has 0 saturated carbocycles. The minimum absolute atomic E-state index is 0.0221. The summed E-state index contributed by atoms with van der Waals surface area (Å²) in [6.45, 7) is 6.10. The Hall–Kier alpha value is -2.09. The van der Waals surface area contributed by atoms with Gasteiger partial charge in [-0.15, -0.1) is 0 Å². The summed E-state index contributed by atoms with van der Waals surface area (Å²) >= 11 is 0. The lowest BCUT2D eigenvalue weighted by atomic mass is 10.1. The molecular formula is C17H19NO. The zero-order valence-electron chi connectivity index (χ0n) is 11.7. The summed E-state index contributed by atoms with van der Waals surface area (Å²) in [5.74, 6) is 0.0221. The van der Waals surface area contributed by atoms with Crippen molar-refractivity contribution < 1.29 is 4.79 Å². The van der Waals surface area contributed by atoms with Crippen LogP contribution in [0.25, 0.3) is 0 Å². The molecule has 19 heavy (non-hydrogen) atoms. The molecule has 0 fully saturated rings. The molecule has 2 nitrogen and oxygen atoms in total. The molecule has 2 aromatic carbocycles. The quantitative estimate of drug-likeness (QED) is 0.885. The zero-order valence-corrected chi connectivity index (χ0v) is 11.7. The number of rotatable bonds is 3. The van der Waals surface area contributed by atoms with Crippen LogP contribution in [0.5, 0.6) is 0 Å². The van der Waals surface area contributed by atoms with Crippen LogP contribution in [0.2, 0.25) is 0 Å². The molecule has 2 rings (SSSR count). The molecule has 0 aliphatic heterocycles. The molecule has 0 heterocycles. The Morgan fingerprint density at radius 2 is 1.47 bits per heavy atom. The van der Waals surface area contributed by atoms with Gasteiger partial charge in [0.05, 0.1) is 6.42 Å². The van der Waals surface area contributed by atoms with E-state index in [1.165, 1.54) is 5.56 Å². The summed E-state index contributed by atoms with van der Waals surface area (Å²) in [5.41, 5.74) is 5.43. The molecule has 0 spiro atoms. The molecule has 2 aromatic rings. The summed E-state index contributed by atoms with van der Waals surface area (Å²) in [6.07, 6.45) is 0.410. The first-order valence-corrected chi connectivity index (χ1v) is 6.46. The van der Waals surface area contributed by atoms with Crippen molar-refractivity contribution in [2.24, 2.45) is 0 Å².